The zero-order chi connectivity index (χ0) is 15.3. The number of hydrogen-bond donors (Lipinski definition) is 0. The molecule has 1 aliphatic heterocycles. The van der Waals surface area contributed by atoms with Crippen molar-refractivity contribution in [2.24, 2.45) is 0 Å². The Kier molecular flexibility index (Phi) is 10.1. The Morgan fingerprint density at radius 1 is 0.591 bits per heavy atom. The standard InChI is InChI=1S/C16H24O4S2/c1-2-15-14-16(3-1)22-13-11-20-9-7-18-5-4-17-6-8-19-10-12-21-15/h1-3,14H,4-13H2. The Labute approximate surface area is 141 Å². The predicted octanol–water partition coefficient (Wildman–Crippen LogP) is 2.95. The largest absolute Gasteiger partial charge is 0.378 e. The topological polar surface area (TPSA) is 36.9 Å². The molecule has 22 heavy (non-hydrogen) atoms. The van der Waals surface area contributed by atoms with Gasteiger partial charge >= 0.3 is 0 Å². The highest BCUT2D eigenvalue weighted by Gasteiger charge is 2.00. The minimum Gasteiger partial charge on any atom is -0.378 e. The molecule has 1 heterocycles. The third kappa shape index (κ3) is 8.41. The normalized spacial score (nSPS) is 20.5. The molecule has 1 aromatic rings. The fourth-order valence-electron chi connectivity index (χ4n) is 1.85. The summed E-state index contributed by atoms with van der Waals surface area (Å²) in [4.78, 5) is 2.58. The lowest BCUT2D eigenvalue weighted by Crippen LogP contribution is -2.12. The van der Waals surface area contributed by atoms with Gasteiger partial charge in [0.2, 0.25) is 0 Å². The van der Waals surface area contributed by atoms with E-state index >= 15 is 0 Å². The van der Waals surface area contributed by atoms with Crippen molar-refractivity contribution in [3.05, 3.63) is 24.3 Å². The van der Waals surface area contributed by atoms with E-state index in [1.54, 1.807) is 0 Å². The minimum atomic E-state index is 0.611. The zero-order valence-electron chi connectivity index (χ0n) is 12.8. The molecule has 0 radical (unpaired) electrons. The van der Waals surface area contributed by atoms with Gasteiger partial charge < -0.3 is 18.9 Å². The fraction of sp³-hybridized carbons (Fsp3) is 0.625. The molecule has 6 heteroatoms. The lowest BCUT2D eigenvalue weighted by Gasteiger charge is -2.07. The summed E-state index contributed by atoms with van der Waals surface area (Å²) >= 11 is 3.65. The molecule has 124 valence electrons. The highest BCUT2D eigenvalue weighted by Crippen LogP contribution is 2.24. The maximum absolute atomic E-state index is 5.56. The molecule has 0 fully saturated rings. The van der Waals surface area contributed by atoms with E-state index in [0.717, 1.165) is 24.7 Å². The van der Waals surface area contributed by atoms with Crippen molar-refractivity contribution in [2.45, 2.75) is 9.79 Å². The summed E-state index contributed by atoms with van der Waals surface area (Å²) in [6.45, 7) is 5.23. The molecule has 2 rings (SSSR count). The number of rotatable bonds is 0. The molecular weight excluding hydrogens is 320 g/mol. The first kappa shape index (κ1) is 18.1. The van der Waals surface area contributed by atoms with Crippen molar-refractivity contribution >= 4 is 23.5 Å². The van der Waals surface area contributed by atoms with Crippen LogP contribution in [0.25, 0.3) is 0 Å². The first-order valence-electron chi connectivity index (χ1n) is 7.62. The molecule has 2 bridgehead atoms. The van der Waals surface area contributed by atoms with Crippen LogP contribution in [-0.2, 0) is 18.9 Å². The van der Waals surface area contributed by atoms with Crippen LogP contribution in [0.2, 0.25) is 0 Å². The quantitative estimate of drug-likeness (QED) is 0.720. The SMILES string of the molecule is c1cc2cc(c1)SCCOCCOCCOCCOCCS2. The highest BCUT2D eigenvalue weighted by molar-refractivity contribution is 8.00. The Morgan fingerprint density at radius 3 is 1.45 bits per heavy atom. The van der Waals surface area contributed by atoms with E-state index in [-0.39, 0.29) is 0 Å². The molecule has 4 nitrogen and oxygen atoms in total. The van der Waals surface area contributed by atoms with Crippen LogP contribution in [-0.4, -0.2) is 64.4 Å². The van der Waals surface area contributed by atoms with Gasteiger partial charge in [0.1, 0.15) is 0 Å². The van der Waals surface area contributed by atoms with Crippen LogP contribution in [0, 0.1) is 0 Å². The van der Waals surface area contributed by atoms with Crippen LogP contribution in [0.3, 0.4) is 0 Å². The second kappa shape index (κ2) is 12.2. The third-order valence-corrected chi connectivity index (χ3v) is 4.83. The monoisotopic (exact) mass is 344 g/mol. The first-order chi connectivity index (χ1) is 10.9. The summed E-state index contributed by atoms with van der Waals surface area (Å²) in [6, 6.07) is 8.63. The summed E-state index contributed by atoms with van der Waals surface area (Å²) in [5.74, 6) is 1.92. The number of hydrogen-bond acceptors (Lipinski definition) is 6. The second-order valence-corrected chi connectivity index (χ2v) is 6.96. The van der Waals surface area contributed by atoms with Crippen molar-refractivity contribution in [3.63, 3.8) is 0 Å². The first-order valence-corrected chi connectivity index (χ1v) is 9.59. The van der Waals surface area contributed by atoms with E-state index in [4.69, 9.17) is 18.9 Å². The van der Waals surface area contributed by atoms with Crippen molar-refractivity contribution in [1.29, 1.82) is 0 Å². The summed E-state index contributed by atoms with van der Waals surface area (Å²) in [7, 11) is 0. The molecule has 0 aliphatic carbocycles. The van der Waals surface area contributed by atoms with Gasteiger partial charge in [-0.25, -0.2) is 0 Å². The fourth-order valence-corrected chi connectivity index (χ4v) is 3.57. The summed E-state index contributed by atoms with van der Waals surface area (Å²) in [5.41, 5.74) is 0. The van der Waals surface area contributed by atoms with Gasteiger partial charge in [-0.2, -0.15) is 0 Å². The second-order valence-electron chi connectivity index (χ2n) is 4.62. The van der Waals surface area contributed by atoms with Gasteiger partial charge in [0.25, 0.3) is 0 Å². The smallest absolute Gasteiger partial charge is 0.0701 e. The van der Waals surface area contributed by atoms with E-state index in [0.29, 0.717) is 39.6 Å². The molecule has 0 unspecified atom stereocenters. The van der Waals surface area contributed by atoms with Gasteiger partial charge in [-0.1, -0.05) is 6.07 Å². The van der Waals surface area contributed by atoms with Crippen molar-refractivity contribution in [3.8, 4) is 0 Å². The van der Waals surface area contributed by atoms with Crippen LogP contribution in [0.15, 0.2) is 34.1 Å². The van der Waals surface area contributed by atoms with Crippen LogP contribution >= 0.6 is 23.5 Å². The molecule has 0 saturated carbocycles. The Balaban J connectivity index is 1.76. The average Bonchev–Trinajstić information content (AvgIpc) is 2.54. The lowest BCUT2D eigenvalue weighted by molar-refractivity contribution is 0.00147. The summed E-state index contributed by atoms with van der Waals surface area (Å²) < 4.78 is 22.0. The van der Waals surface area contributed by atoms with E-state index < -0.39 is 0 Å². The third-order valence-electron chi connectivity index (χ3n) is 2.91. The van der Waals surface area contributed by atoms with E-state index in [1.807, 2.05) is 23.5 Å². The lowest BCUT2D eigenvalue weighted by atomic mass is 10.4. The Hall–Kier alpha value is -0.240. The summed E-state index contributed by atoms with van der Waals surface area (Å²) in [5, 5.41) is 0. The van der Waals surface area contributed by atoms with Crippen LogP contribution in [0.1, 0.15) is 0 Å². The van der Waals surface area contributed by atoms with E-state index in [2.05, 4.69) is 24.3 Å². The van der Waals surface area contributed by atoms with Gasteiger partial charge in [0.15, 0.2) is 0 Å². The van der Waals surface area contributed by atoms with Gasteiger partial charge in [-0.3, -0.25) is 0 Å². The van der Waals surface area contributed by atoms with E-state index in [1.165, 1.54) is 9.79 Å². The van der Waals surface area contributed by atoms with Gasteiger partial charge in [0.05, 0.1) is 52.9 Å². The van der Waals surface area contributed by atoms with Crippen molar-refractivity contribution < 1.29 is 18.9 Å². The van der Waals surface area contributed by atoms with E-state index in [9.17, 15) is 0 Å². The highest BCUT2D eigenvalue weighted by atomic mass is 32.2. The van der Waals surface area contributed by atoms with Crippen LogP contribution < -0.4 is 0 Å². The molecule has 1 aromatic carbocycles. The maximum Gasteiger partial charge on any atom is 0.0701 e. The Bertz CT molecular complexity index is 370. The number of thioether (sulfide) groups is 2. The Morgan fingerprint density at radius 2 is 1.00 bits per heavy atom. The number of benzene rings is 1. The average molecular weight is 344 g/mol. The molecule has 1 aliphatic rings. The number of fused-ring (bicyclic) bond motifs is 2. The molecule has 0 atom stereocenters. The molecule has 0 N–H and O–H groups in total. The van der Waals surface area contributed by atoms with Gasteiger partial charge in [-0.05, 0) is 18.2 Å². The summed E-state index contributed by atoms with van der Waals surface area (Å²) in [6.07, 6.45) is 0. The minimum absolute atomic E-state index is 0.611. The van der Waals surface area contributed by atoms with Crippen molar-refractivity contribution in [1.82, 2.24) is 0 Å². The molecular formula is C16H24O4S2. The van der Waals surface area contributed by atoms with Crippen LogP contribution in [0.4, 0.5) is 0 Å². The van der Waals surface area contributed by atoms with Crippen molar-refractivity contribution in [2.75, 3.05) is 64.4 Å². The van der Waals surface area contributed by atoms with Gasteiger partial charge in [0, 0.05) is 21.3 Å². The predicted molar refractivity (Wildman–Crippen MR) is 91.2 cm³/mol. The molecule has 0 saturated heterocycles. The molecule has 0 amide bonds. The molecule has 0 spiro atoms. The van der Waals surface area contributed by atoms with Crippen LogP contribution in [0.5, 0.6) is 0 Å². The maximum atomic E-state index is 5.56. The number of ether oxygens (including phenoxy) is 4. The van der Waals surface area contributed by atoms with Gasteiger partial charge in [-0.15, -0.1) is 23.5 Å². The molecule has 0 aromatic heterocycles. The zero-order valence-corrected chi connectivity index (χ0v) is 14.5.